The molecule has 98 valence electrons. The molecule has 1 aromatic heterocycles. The molecule has 1 unspecified atom stereocenters. The number of carboxylic acid groups (broad SMARTS) is 1. The lowest BCUT2D eigenvalue weighted by Gasteiger charge is -2.37. The predicted octanol–water partition coefficient (Wildman–Crippen LogP) is 1.74. The monoisotopic (exact) mass is 271 g/mol. The van der Waals surface area contributed by atoms with E-state index >= 15 is 0 Å². The number of aliphatic carboxylic acids is 1. The molecule has 0 radical (unpaired) electrons. The van der Waals surface area contributed by atoms with Gasteiger partial charge in [0.1, 0.15) is 6.20 Å². The molecule has 1 aliphatic heterocycles. The van der Waals surface area contributed by atoms with E-state index in [1.165, 1.54) is 6.20 Å². The Bertz CT molecular complexity index is 489. The van der Waals surface area contributed by atoms with Crippen molar-refractivity contribution in [2.75, 3.05) is 18.0 Å². The van der Waals surface area contributed by atoms with E-state index in [1.54, 1.807) is 6.92 Å². The lowest BCUT2D eigenvalue weighted by molar-refractivity contribution is -0.380. The van der Waals surface area contributed by atoms with E-state index in [4.69, 9.17) is 0 Å². The van der Waals surface area contributed by atoms with Gasteiger partial charge in [-0.2, -0.15) is 0 Å². The fourth-order valence-corrected chi connectivity index (χ4v) is 2.82. The predicted molar refractivity (Wildman–Crippen MR) is 66.0 cm³/mol. The maximum Gasteiger partial charge on any atom is 0.345 e. The molecule has 1 aliphatic rings. The molecule has 2 rings (SSSR count). The van der Waals surface area contributed by atoms with Gasteiger partial charge < -0.3 is 10.0 Å². The number of nitro groups is 1. The highest BCUT2D eigenvalue weighted by Gasteiger charge is 2.38. The molecule has 0 saturated carbocycles. The number of hydrogen-bond donors (Lipinski definition) is 1. The van der Waals surface area contributed by atoms with E-state index in [2.05, 4.69) is 4.98 Å². The molecule has 0 amide bonds. The van der Waals surface area contributed by atoms with Gasteiger partial charge in [-0.3, -0.25) is 14.9 Å². The molecular weight excluding hydrogens is 258 g/mol. The van der Waals surface area contributed by atoms with Gasteiger partial charge in [-0.05, 0) is 31.1 Å². The molecule has 2 heterocycles. The minimum absolute atomic E-state index is 0.0207. The van der Waals surface area contributed by atoms with Gasteiger partial charge in [0.05, 0.1) is 10.3 Å². The number of anilines is 1. The van der Waals surface area contributed by atoms with Gasteiger partial charge in [0.25, 0.3) is 0 Å². The first-order valence-corrected chi connectivity index (χ1v) is 6.32. The molecular formula is C10H13N3O4S. The molecule has 7 nitrogen and oxygen atoms in total. The maximum absolute atomic E-state index is 11.2. The topological polar surface area (TPSA) is 96.6 Å². The van der Waals surface area contributed by atoms with Crippen LogP contribution in [0.3, 0.4) is 0 Å². The number of rotatable bonds is 3. The van der Waals surface area contributed by atoms with Crippen LogP contribution >= 0.6 is 11.3 Å². The quantitative estimate of drug-likeness (QED) is 0.664. The first kappa shape index (κ1) is 12.7. The Kier molecular flexibility index (Phi) is 3.20. The van der Waals surface area contributed by atoms with Crippen LogP contribution in [0.1, 0.15) is 19.8 Å². The Balaban J connectivity index is 2.18. The van der Waals surface area contributed by atoms with Gasteiger partial charge in [-0.15, -0.1) is 0 Å². The maximum atomic E-state index is 11.2. The molecule has 0 aromatic carbocycles. The highest BCUT2D eigenvalue weighted by molar-refractivity contribution is 7.18. The molecule has 0 spiro atoms. The second-order valence-corrected chi connectivity index (χ2v) is 5.62. The summed E-state index contributed by atoms with van der Waals surface area (Å²) in [6, 6.07) is 0. The highest BCUT2D eigenvalue weighted by atomic mass is 32.1. The third-order valence-corrected chi connectivity index (χ3v) is 4.15. The van der Waals surface area contributed by atoms with Crippen LogP contribution in [0.2, 0.25) is 0 Å². The van der Waals surface area contributed by atoms with Crippen molar-refractivity contribution < 1.29 is 14.8 Å². The Morgan fingerprint density at radius 3 is 3.00 bits per heavy atom. The van der Waals surface area contributed by atoms with Crippen molar-refractivity contribution in [2.45, 2.75) is 19.8 Å². The summed E-state index contributed by atoms with van der Waals surface area (Å²) >= 11 is 0.983. The average molecular weight is 271 g/mol. The summed E-state index contributed by atoms with van der Waals surface area (Å²) in [6.45, 7) is 2.73. The van der Waals surface area contributed by atoms with Gasteiger partial charge in [-0.25, -0.2) is 4.98 Å². The van der Waals surface area contributed by atoms with Gasteiger partial charge in [0.2, 0.25) is 0 Å². The van der Waals surface area contributed by atoms with Crippen LogP contribution in [-0.2, 0) is 4.79 Å². The van der Waals surface area contributed by atoms with Crippen LogP contribution in [0.4, 0.5) is 10.1 Å². The molecule has 0 bridgehead atoms. The van der Waals surface area contributed by atoms with Crippen molar-refractivity contribution in [3.8, 4) is 0 Å². The number of aromatic nitrogens is 1. The van der Waals surface area contributed by atoms with Crippen molar-refractivity contribution in [3.63, 3.8) is 0 Å². The molecule has 18 heavy (non-hydrogen) atoms. The van der Waals surface area contributed by atoms with Crippen molar-refractivity contribution >= 4 is 27.4 Å². The fraction of sp³-hybridized carbons (Fsp3) is 0.600. The Labute approximate surface area is 107 Å². The number of carbonyl (C=O) groups is 1. The number of carboxylic acids is 1. The van der Waals surface area contributed by atoms with Gasteiger partial charge in [-0.1, -0.05) is 0 Å². The van der Waals surface area contributed by atoms with Crippen LogP contribution in [0.15, 0.2) is 6.20 Å². The zero-order chi connectivity index (χ0) is 13.3. The summed E-state index contributed by atoms with van der Waals surface area (Å²) in [5.41, 5.74) is -0.807. The van der Waals surface area contributed by atoms with E-state index in [-0.39, 0.29) is 5.00 Å². The average Bonchev–Trinajstić information content (AvgIpc) is 2.78. The van der Waals surface area contributed by atoms with Crippen LogP contribution in [0.25, 0.3) is 0 Å². The summed E-state index contributed by atoms with van der Waals surface area (Å²) in [6.07, 6.45) is 2.58. The van der Waals surface area contributed by atoms with Crippen molar-refractivity contribution in [2.24, 2.45) is 5.41 Å². The normalized spacial score (nSPS) is 23.9. The summed E-state index contributed by atoms with van der Waals surface area (Å²) in [4.78, 5) is 27.1. The summed E-state index contributed by atoms with van der Waals surface area (Å²) in [7, 11) is 0. The molecule has 1 N–H and O–H groups in total. The standard InChI is InChI=1S/C10H13N3O4S/c1-10(8(14)15)3-2-4-12(6-10)9-11-5-7(18-9)13(16)17/h5H,2-4,6H2,1H3,(H,14,15). The van der Waals surface area contributed by atoms with E-state index in [9.17, 15) is 20.0 Å². The van der Waals surface area contributed by atoms with Crippen LogP contribution < -0.4 is 4.90 Å². The highest BCUT2D eigenvalue weighted by Crippen LogP contribution is 2.35. The lowest BCUT2D eigenvalue weighted by Crippen LogP contribution is -2.46. The van der Waals surface area contributed by atoms with Crippen LogP contribution in [0, 0.1) is 15.5 Å². The fourth-order valence-electron chi connectivity index (χ4n) is 2.06. The van der Waals surface area contributed by atoms with E-state index < -0.39 is 16.3 Å². The van der Waals surface area contributed by atoms with Crippen LogP contribution in [-0.4, -0.2) is 34.1 Å². The second-order valence-electron chi connectivity index (χ2n) is 4.63. The summed E-state index contributed by atoms with van der Waals surface area (Å²) in [5.74, 6) is -0.835. The summed E-state index contributed by atoms with van der Waals surface area (Å²) < 4.78 is 0. The Morgan fingerprint density at radius 2 is 2.44 bits per heavy atom. The molecule has 1 atom stereocenters. The number of nitrogens with zero attached hydrogens (tertiary/aromatic N) is 3. The van der Waals surface area contributed by atoms with Gasteiger partial charge >= 0.3 is 11.0 Å². The lowest BCUT2D eigenvalue weighted by atomic mass is 9.82. The van der Waals surface area contributed by atoms with Crippen molar-refractivity contribution in [1.82, 2.24) is 4.98 Å². The van der Waals surface area contributed by atoms with E-state index in [0.29, 0.717) is 24.6 Å². The zero-order valence-electron chi connectivity index (χ0n) is 9.83. The minimum atomic E-state index is -0.835. The van der Waals surface area contributed by atoms with Gasteiger partial charge in [0.15, 0.2) is 5.13 Å². The molecule has 8 heteroatoms. The number of piperidine rings is 1. The third-order valence-electron chi connectivity index (χ3n) is 3.14. The van der Waals surface area contributed by atoms with E-state index in [1.807, 2.05) is 4.90 Å². The molecule has 1 aromatic rings. The first-order valence-electron chi connectivity index (χ1n) is 5.51. The summed E-state index contributed by atoms with van der Waals surface area (Å²) in [5, 5.41) is 20.3. The molecule has 1 fully saturated rings. The van der Waals surface area contributed by atoms with Gasteiger partial charge in [0, 0.05) is 13.1 Å². The van der Waals surface area contributed by atoms with Crippen molar-refractivity contribution in [1.29, 1.82) is 0 Å². The zero-order valence-corrected chi connectivity index (χ0v) is 10.6. The molecule has 0 aliphatic carbocycles. The van der Waals surface area contributed by atoms with Crippen molar-refractivity contribution in [3.05, 3.63) is 16.3 Å². The van der Waals surface area contributed by atoms with Crippen LogP contribution in [0.5, 0.6) is 0 Å². The van der Waals surface area contributed by atoms with E-state index in [0.717, 1.165) is 17.8 Å². The number of hydrogen-bond acceptors (Lipinski definition) is 6. The smallest absolute Gasteiger partial charge is 0.345 e. The largest absolute Gasteiger partial charge is 0.481 e. The number of thiazole rings is 1. The minimum Gasteiger partial charge on any atom is -0.481 e. The Hall–Kier alpha value is -1.70. The molecule has 1 saturated heterocycles. The Morgan fingerprint density at radius 1 is 1.72 bits per heavy atom. The second kappa shape index (κ2) is 4.52. The first-order chi connectivity index (χ1) is 8.42. The third kappa shape index (κ3) is 2.28. The SMILES string of the molecule is CC1(C(=O)O)CCCN(c2ncc([N+](=O)[O-])s2)C1.